The monoisotopic (exact) mass is 255 g/mol. The molecule has 2 aromatic rings. The van der Waals surface area contributed by atoms with Crippen LogP contribution in [0.25, 0.3) is 11.3 Å². The first-order chi connectivity index (χ1) is 9.13. The van der Waals surface area contributed by atoms with Crippen LogP contribution in [0, 0.1) is 13.8 Å². The fraction of sp³-hybridized carbons (Fsp3) is 0.333. The molecule has 98 valence electrons. The molecule has 1 amide bonds. The van der Waals surface area contributed by atoms with Crippen LogP contribution < -0.4 is 5.32 Å². The standard InChI is InChI=1S/C15H17N3O/c1-9-3-5-11(6-4-9)14-10(2)17-15(18-14)12-7-13(19)16-8-12/h3-6,12H,7-8H2,1-2H3,(H,16,19)(H,17,18)/t12-/m1/s1. The molecule has 1 aromatic heterocycles. The van der Waals surface area contributed by atoms with Crippen LogP contribution in [0.3, 0.4) is 0 Å². The van der Waals surface area contributed by atoms with Gasteiger partial charge in [0.05, 0.1) is 5.69 Å². The van der Waals surface area contributed by atoms with Gasteiger partial charge in [0.25, 0.3) is 0 Å². The number of nitrogens with one attached hydrogen (secondary N) is 2. The fourth-order valence-electron chi connectivity index (χ4n) is 2.47. The first-order valence-electron chi connectivity index (χ1n) is 6.53. The molecule has 1 aliphatic heterocycles. The molecule has 1 saturated heterocycles. The molecular formula is C15H17N3O. The van der Waals surface area contributed by atoms with Gasteiger partial charge in [-0.3, -0.25) is 4.79 Å². The van der Waals surface area contributed by atoms with Gasteiger partial charge in [0.2, 0.25) is 5.91 Å². The number of aromatic nitrogens is 2. The summed E-state index contributed by atoms with van der Waals surface area (Å²) < 4.78 is 0. The van der Waals surface area contributed by atoms with Gasteiger partial charge in [0.15, 0.2) is 0 Å². The van der Waals surface area contributed by atoms with Gasteiger partial charge < -0.3 is 10.3 Å². The predicted molar refractivity (Wildman–Crippen MR) is 73.9 cm³/mol. The molecule has 19 heavy (non-hydrogen) atoms. The Bertz CT molecular complexity index is 613. The van der Waals surface area contributed by atoms with E-state index in [0.717, 1.165) is 22.8 Å². The lowest BCUT2D eigenvalue weighted by Crippen LogP contribution is -2.13. The number of rotatable bonds is 2. The number of benzene rings is 1. The highest BCUT2D eigenvalue weighted by molar-refractivity contribution is 5.79. The smallest absolute Gasteiger partial charge is 0.220 e. The molecule has 0 unspecified atom stereocenters. The van der Waals surface area contributed by atoms with E-state index in [1.807, 2.05) is 6.92 Å². The summed E-state index contributed by atoms with van der Waals surface area (Å²) in [6.07, 6.45) is 0.528. The highest BCUT2D eigenvalue weighted by Gasteiger charge is 2.26. The number of aromatic amines is 1. The Hall–Kier alpha value is -2.10. The molecule has 4 heteroatoms. The summed E-state index contributed by atoms with van der Waals surface area (Å²) in [5, 5.41) is 2.85. The van der Waals surface area contributed by atoms with Gasteiger partial charge in [-0.25, -0.2) is 4.98 Å². The molecule has 0 saturated carbocycles. The van der Waals surface area contributed by atoms with Crippen LogP contribution in [0.5, 0.6) is 0 Å². The van der Waals surface area contributed by atoms with Crippen LogP contribution in [0.15, 0.2) is 24.3 Å². The van der Waals surface area contributed by atoms with Crippen molar-refractivity contribution in [1.29, 1.82) is 0 Å². The van der Waals surface area contributed by atoms with Gasteiger partial charge in [-0.2, -0.15) is 0 Å². The number of carbonyl (C=O) groups excluding carboxylic acids is 1. The molecule has 2 N–H and O–H groups in total. The van der Waals surface area contributed by atoms with E-state index in [9.17, 15) is 4.79 Å². The van der Waals surface area contributed by atoms with Crippen LogP contribution in [0.2, 0.25) is 0 Å². The van der Waals surface area contributed by atoms with E-state index in [1.165, 1.54) is 5.56 Å². The maximum absolute atomic E-state index is 11.3. The van der Waals surface area contributed by atoms with Gasteiger partial charge in [-0.05, 0) is 13.8 Å². The van der Waals surface area contributed by atoms with Crippen LogP contribution >= 0.6 is 0 Å². The lowest BCUT2D eigenvalue weighted by atomic mass is 10.1. The minimum absolute atomic E-state index is 0.107. The van der Waals surface area contributed by atoms with Crippen molar-refractivity contribution in [1.82, 2.24) is 15.3 Å². The molecule has 1 aromatic carbocycles. The highest BCUT2D eigenvalue weighted by Crippen LogP contribution is 2.27. The number of nitrogens with zero attached hydrogens (tertiary/aromatic N) is 1. The summed E-state index contributed by atoms with van der Waals surface area (Å²) in [7, 11) is 0. The minimum Gasteiger partial charge on any atom is -0.355 e. The second-order valence-electron chi connectivity index (χ2n) is 5.17. The van der Waals surface area contributed by atoms with Crippen LogP contribution in [-0.2, 0) is 4.79 Å². The molecular weight excluding hydrogens is 238 g/mol. The maximum atomic E-state index is 11.3. The van der Waals surface area contributed by atoms with E-state index in [-0.39, 0.29) is 11.8 Å². The summed E-state index contributed by atoms with van der Waals surface area (Å²) >= 11 is 0. The van der Waals surface area contributed by atoms with Crippen LogP contribution in [0.1, 0.15) is 29.4 Å². The normalized spacial score (nSPS) is 18.6. The zero-order chi connectivity index (χ0) is 13.4. The number of carbonyl (C=O) groups is 1. The molecule has 4 nitrogen and oxygen atoms in total. The van der Waals surface area contributed by atoms with Gasteiger partial charge >= 0.3 is 0 Å². The van der Waals surface area contributed by atoms with Crippen molar-refractivity contribution in [2.24, 2.45) is 0 Å². The molecule has 0 spiro atoms. The zero-order valence-electron chi connectivity index (χ0n) is 11.2. The lowest BCUT2D eigenvalue weighted by Gasteiger charge is -2.01. The molecule has 1 fully saturated rings. The van der Waals surface area contributed by atoms with Crippen molar-refractivity contribution >= 4 is 5.91 Å². The molecule has 0 radical (unpaired) electrons. The highest BCUT2D eigenvalue weighted by atomic mass is 16.1. The van der Waals surface area contributed by atoms with Crippen molar-refractivity contribution in [3.05, 3.63) is 41.3 Å². The SMILES string of the molecule is Cc1ccc(-c2nc([C@H]3CNC(=O)C3)[nH]c2C)cc1. The summed E-state index contributed by atoms with van der Waals surface area (Å²) in [5.41, 5.74) is 4.39. The summed E-state index contributed by atoms with van der Waals surface area (Å²) in [6, 6.07) is 8.34. The van der Waals surface area contributed by atoms with E-state index < -0.39 is 0 Å². The molecule has 3 rings (SSSR count). The van der Waals surface area contributed by atoms with Crippen LogP contribution in [0.4, 0.5) is 0 Å². The summed E-state index contributed by atoms with van der Waals surface area (Å²) in [6.45, 7) is 4.78. The Morgan fingerprint density at radius 3 is 2.58 bits per heavy atom. The molecule has 0 bridgehead atoms. The van der Waals surface area contributed by atoms with Gasteiger partial charge in [0, 0.05) is 30.1 Å². The van der Waals surface area contributed by atoms with E-state index in [0.29, 0.717) is 13.0 Å². The number of imidazole rings is 1. The average Bonchev–Trinajstić information content (AvgIpc) is 2.97. The van der Waals surface area contributed by atoms with E-state index >= 15 is 0 Å². The van der Waals surface area contributed by atoms with E-state index in [2.05, 4.69) is 46.5 Å². The summed E-state index contributed by atoms with van der Waals surface area (Å²) in [5.74, 6) is 1.19. The van der Waals surface area contributed by atoms with Crippen molar-refractivity contribution < 1.29 is 4.79 Å². The van der Waals surface area contributed by atoms with E-state index in [4.69, 9.17) is 0 Å². The first-order valence-corrected chi connectivity index (χ1v) is 6.53. The van der Waals surface area contributed by atoms with Crippen molar-refractivity contribution in [3.63, 3.8) is 0 Å². The third-order valence-electron chi connectivity index (χ3n) is 3.59. The third-order valence-corrected chi connectivity index (χ3v) is 3.59. The van der Waals surface area contributed by atoms with Crippen LogP contribution in [-0.4, -0.2) is 22.4 Å². The number of hydrogen-bond donors (Lipinski definition) is 2. The molecule has 2 heterocycles. The maximum Gasteiger partial charge on any atom is 0.220 e. The van der Waals surface area contributed by atoms with Gasteiger partial charge in [-0.15, -0.1) is 0 Å². The van der Waals surface area contributed by atoms with E-state index in [1.54, 1.807) is 0 Å². The van der Waals surface area contributed by atoms with Crippen molar-refractivity contribution in [3.8, 4) is 11.3 Å². The Balaban J connectivity index is 1.93. The van der Waals surface area contributed by atoms with Gasteiger partial charge in [-0.1, -0.05) is 29.8 Å². The number of amides is 1. The Kier molecular flexibility index (Phi) is 2.85. The minimum atomic E-state index is 0.107. The second-order valence-corrected chi connectivity index (χ2v) is 5.17. The first kappa shape index (κ1) is 12.0. The van der Waals surface area contributed by atoms with Gasteiger partial charge in [0.1, 0.15) is 5.82 Å². The fourth-order valence-corrected chi connectivity index (χ4v) is 2.47. The van der Waals surface area contributed by atoms with Crippen molar-refractivity contribution in [2.75, 3.05) is 6.54 Å². The Morgan fingerprint density at radius 2 is 1.95 bits per heavy atom. The average molecular weight is 255 g/mol. The molecule has 1 aliphatic rings. The predicted octanol–water partition coefficient (Wildman–Crippen LogP) is 2.30. The topological polar surface area (TPSA) is 57.8 Å². The molecule has 0 aliphatic carbocycles. The lowest BCUT2D eigenvalue weighted by molar-refractivity contribution is -0.119. The number of hydrogen-bond acceptors (Lipinski definition) is 2. The number of aryl methyl sites for hydroxylation is 2. The van der Waals surface area contributed by atoms with Crippen molar-refractivity contribution in [2.45, 2.75) is 26.2 Å². The third kappa shape index (κ3) is 2.26. The Morgan fingerprint density at radius 1 is 1.21 bits per heavy atom. The Labute approximate surface area is 112 Å². The quantitative estimate of drug-likeness (QED) is 0.865. The zero-order valence-corrected chi connectivity index (χ0v) is 11.2. The molecule has 1 atom stereocenters. The number of H-pyrrole nitrogens is 1. The summed E-state index contributed by atoms with van der Waals surface area (Å²) in [4.78, 5) is 19.3. The largest absolute Gasteiger partial charge is 0.355 e. The second kappa shape index (κ2) is 4.53.